The molecule has 148 valence electrons. The van der Waals surface area contributed by atoms with Crippen LogP contribution in [0.3, 0.4) is 0 Å². The minimum absolute atomic E-state index is 0. The van der Waals surface area contributed by atoms with Crippen molar-refractivity contribution >= 4 is 56.6 Å². The number of rotatable bonds is 7. The molecule has 0 N–H and O–H groups in total. The number of anilines is 1. The van der Waals surface area contributed by atoms with E-state index in [0.717, 1.165) is 29.9 Å². The largest absolute Gasteiger partial charge is 0.494 e. The van der Waals surface area contributed by atoms with Crippen LogP contribution in [0.2, 0.25) is 5.02 Å². The van der Waals surface area contributed by atoms with Gasteiger partial charge in [0, 0.05) is 18.1 Å². The van der Waals surface area contributed by atoms with Gasteiger partial charge in [-0.1, -0.05) is 36.8 Å². The molecule has 0 saturated heterocycles. The van der Waals surface area contributed by atoms with Gasteiger partial charge >= 0.3 is 0 Å². The number of aromatic nitrogens is 1. The first-order chi connectivity index (χ1) is 12.6. The number of halogens is 2. The Hall–Kier alpha value is -1.54. The van der Waals surface area contributed by atoms with Crippen molar-refractivity contribution in [1.29, 1.82) is 0 Å². The van der Waals surface area contributed by atoms with E-state index in [0.29, 0.717) is 29.9 Å². The van der Waals surface area contributed by atoms with Gasteiger partial charge in [-0.3, -0.25) is 9.69 Å². The highest BCUT2D eigenvalue weighted by Crippen LogP contribution is 2.31. The topological polar surface area (TPSA) is 54.9 Å². The number of hydrogen-bond donors (Lipinski definition) is 0. The second kappa shape index (κ2) is 10.1. The number of thiazole rings is 1. The monoisotopic (exact) mass is 431 g/mol. The lowest BCUT2D eigenvalue weighted by atomic mass is 10.3. The Kier molecular flexibility index (Phi) is 8.16. The molecular weight excluding hydrogens is 409 g/mol. The SMILES string of the molecule is CCN(CC)CCN(C(=O)C1=COCCO1)c1nc2ccc(Cl)cc2s1.Cl. The first-order valence-electron chi connectivity index (χ1n) is 8.67. The van der Waals surface area contributed by atoms with Crippen molar-refractivity contribution in [3.8, 4) is 0 Å². The summed E-state index contributed by atoms with van der Waals surface area (Å²) in [6.07, 6.45) is 1.39. The minimum atomic E-state index is -0.234. The van der Waals surface area contributed by atoms with Crippen LogP contribution >= 0.6 is 35.3 Å². The van der Waals surface area contributed by atoms with Crippen LogP contribution in [0.5, 0.6) is 0 Å². The third kappa shape index (κ3) is 5.25. The molecule has 0 unspecified atom stereocenters. The van der Waals surface area contributed by atoms with E-state index in [2.05, 4.69) is 23.7 Å². The number of ether oxygens (including phenoxy) is 2. The van der Waals surface area contributed by atoms with E-state index < -0.39 is 0 Å². The predicted octanol–water partition coefficient (Wildman–Crippen LogP) is 3.93. The molecule has 0 saturated carbocycles. The van der Waals surface area contributed by atoms with Crippen molar-refractivity contribution in [1.82, 2.24) is 9.88 Å². The number of carbonyl (C=O) groups excluding carboxylic acids is 1. The second-order valence-corrected chi connectivity index (χ2v) is 7.24. The first-order valence-corrected chi connectivity index (χ1v) is 9.86. The third-order valence-corrected chi connectivity index (χ3v) is 5.49. The van der Waals surface area contributed by atoms with Gasteiger partial charge < -0.3 is 14.4 Å². The summed E-state index contributed by atoms with van der Waals surface area (Å²) in [5, 5.41) is 1.29. The molecule has 27 heavy (non-hydrogen) atoms. The van der Waals surface area contributed by atoms with Crippen molar-refractivity contribution in [2.24, 2.45) is 0 Å². The molecule has 6 nitrogen and oxygen atoms in total. The van der Waals surface area contributed by atoms with E-state index in [1.54, 1.807) is 11.0 Å². The molecule has 0 atom stereocenters. The summed E-state index contributed by atoms with van der Waals surface area (Å²) in [5.41, 5.74) is 0.824. The molecule has 1 aromatic carbocycles. The molecule has 1 amide bonds. The van der Waals surface area contributed by atoms with Crippen LogP contribution in [0, 0.1) is 0 Å². The zero-order valence-electron chi connectivity index (χ0n) is 15.3. The van der Waals surface area contributed by atoms with Gasteiger partial charge in [-0.05, 0) is 31.3 Å². The zero-order valence-corrected chi connectivity index (χ0v) is 17.7. The summed E-state index contributed by atoms with van der Waals surface area (Å²) in [7, 11) is 0. The molecule has 1 aliphatic heterocycles. The third-order valence-electron chi connectivity index (χ3n) is 4.21. The Balaban J connectivity index is 0.00000261. The predicted molar refractivity (Wildman–Crippen MR) is 112 cm³/mol. The highest BCUT2D eigenvalue weighted by Gasteiger charge is 2.26. The lowest BCUT2D eigenvalue weighted by Gasteiger charge is -2.26. The van der Waals surface area contributed by atoms with E-state index in [9.17, 15) is 4.79 Å². The van der Waals surface area contributed by atoms with Gasteiger partial charge in [0.25, 0.3) is 5.91 Å². The van der Waals surface area contributed by atoms with E-state index >= 15 is 0 Å². The van der Waals surface area contributed by atoms with Gasteiger partial charge in [0.15, 0.2) is 5.13 Å². The van der Waals surface area contributed by atoms with Crippen LogP contribution in [0.25, 0.3) is 10.2 Å². The first kappa shape index (κ1) is 21.8. The van der Waals surface area contributed by atoms with Gasteiger partial charge in [-0.15, -0.1) is 12.4 Å². The summed E-state index contributed by atoms with van der Waals surface area (Å²) < 4.78 is 11.7. The molecule has 2 heterocycles. The fourth-order valence-corrected chi connectivity index (χ4v) is 3.95. The Labute approximate surface area is 174 Å². The molecule has 0 aliphatic carbocycles. The molecule has 9 heteroatoms. The van der Waals surface area contributed by atoms with Crippen molar-refractivity contribution < 1.29 is 14.3 Å². The van der Waals surface area contributed by atoms with Crippen LogP contribution < -0.4 is 4.90 Å². The van der Waals surface area contributed by atoms with Crippen molar-refractivity contribution in [3.63, 3.8) is 0 Å². The molecule has 1 aliphatic rings. The molecule has 3 rings (SSSR count). The average molecular weight is 432 g/mol. The number of fused-ring (bicyclic) bond motifs is 1. The maximum atomic E-state index is 13.0. The quantitative estimate of drug-likeness (QED) is 0.664. The summed E-state index contributed by atoms with van der Waals surface area (Å²) in [6.45, 7) is 8.17. The highest BCUT2D eigenvalue weighted by molar-refractivity contribution is 7.22. The molecule has 0 bridgehead atoms. The Morgan fingerprint density at radius 3 is 2.70 bits per heavy atom. The normalized spacial score (nSPS) is 13.6. The Bertz CT molecular complexity index is 808. The number of benzene rings is 1. The molecule has 1 aromatic heterocycles. The molecule has 0 radical (unpaired) electrons. The number of nitrogens with zero attached hydrogens (tertiary/aromatic N) is 3. The Morgan fingerprint density at radius 2 is 2.04 bits per heavy atom. The van der Waals surface area contributed by atoms with Gasteiger partial charge in [0.1, 0.15) is 19.5 Å². The molecule has 0 fully saturated rings. The van der Waals surface area contributed by atoms with Gasteiger partial charge in [-0.2, -0.15) is 0 Å². The van der Waals surface area contributed by atoms with Gasteiger partial charge in [-0.25, -0.2) is 4.98 Å². The van der Waals surface area contributed by atoms with E-state index in [-0.39, 0.29) is 24.1 Å². The van der Waals surface area contributed by atoms with Crippen LogP contribution in [0.4, 0.5) is 5.13 Å². The Morgan fingerprint density at radius 1 is 1.26 bits per heavy atom. The number of hydrogen-bond acceptors (Lipinski definition) is 6. The fourth-order valence-electron chi connectivity index (χ4n) is 2.68. The smallest absolute Gasteiger partial charge is 0.298 e. The summed E-state index contributed by atoms with van der Waals surface area (Å²) in [6, 6.07) is 5.53. The molecule has 0 spiro atoms. The lowest BCUT2D eigenvalue weighted by molar-refractivity contribution is -0.119. The fraction of sp³-hybridized carbons (Fsp3) is 0.444. The lowest BCUT2D eigenvalue weighted by Crippen LogP contribution is -2.40. The van der Waals surface area contributed by atoms with Crippen molar-refractivity contribution in [2.45, 2.75) is 13.8 Å². The maximum Gasteiger partial charge on any atom is 0.298 e. The van der Waals surface area contributed by atoms with Crippen molar-refractivity contribution in [2.75, 3.05) is 44.3 Å². The number of carbonyl (C=O) groups is 1. The van der Waals surface area contributed by atoms with Gasteiger partial charge in [0.2, 0.25) is 5.76 Å². The molecule has 2 aromatic rings. The highest BCUT2D eigenvalue weighted by atomic mass is 35.5. The summed E-state index contributed by atoms with van der Waals surface area (Å²) in [4.78, 5) is 21.6. The van der Waals surface area contributed by atoms with E-state index in [4.69, 9.17) is 21.1 Å². The van der Waals surface area contributed by atoms with Crippen LogP contribution in [0.15, 0.2) is 30.2 Å². The number of amides is 1. The van der Waals surface area contributed by atoms with Crippen molar-refractivity contribution in [3.05, 3.63) is 35.2 Å². The maximum absolute atomic E-state index is 13.0. The second-order valence-electron chi connectivity index (χ2n) is 5.79. The standard InChI is InChI=1S/C18H22ClN3O3S.ClH/c1-3-21(4-2)7-8-22(17(23)15-12-24-9-10-25-15)18-20-14-6-5-13(19)11-16(14)26-18;/h5-6,11-12H,3-4,7-10H2,1-2H3;1H. The summed E-state index contributed by atoms with van der Waals surface area (Å²) >= 11 is 7.52. The van der Waals surface area contributed by atoms with E-state index in [1.807, 2.05) is 12.1 Å². The van der Waals surface area contributed by atoms with Gasteiger partial charge in [0.05, 0.1) is 10.2 Å². The van der Waals surface area contributed by atoms with E-state index in [1.165, 1.54) is 17.6 Å². The minimum Gasteiger partial charge on any atom is -0.494 e. The zero-order chi connectivity index (χ0) is 18.5. The van der Waals surface area contributed by atoms with Crippen LogP contribution in [-0.2, 0) is 14.3 Å². The van der Waals surface area contributed by atoms with Crippen LogP contribution in [0.1, 0.15) is 13.8 Å². The summed E-state index contributed by atoms with van der Waals surface area (Å²) in [5.74, 6) is -0.0184. The average Bonchev–Trinajstić information content (AvgIpc) is 3.08. The van der Waals surface area contributed by atoms with Crippen LogP contribution in [-0.4, -0.2) is 55.2 Å². The molecular formula is C18H23Cl2N3O3S. The number of likely N-dealkylation sites (N-methyl/N-ethyl adjacent to an activating group) is 1.